The van der Waals surface area contributed by atoms with E-state index in [0.29, 0.717) is 12.1 Å². The quantitative estimate of drug-likeness (QED) is 0.253. The van der Waals surface area contributed by atoms with E-state index >= 15 is 0 Å². The molecule has 0 saturated carbocycles. The molecule has 0 atom stereocenters. The van der Waals surface area contributed by atoms with E-state index in [4.69, 9.17) is 4.74 Å². The Kier molecular flexibility index (Phi) is 6.34. The van der Waals surface area contributed by atoms with Crippen LogP contribution in [-0.2, 0) is 10.0 Å². The fraction of sp³-hybridized carbons (Fsp3) is 0.150. The number of anilines is 1. The van der Waals surface area contributed by atoms with Crippen molar-refractivity contribution < 1.29 is 30.7 Å². The summed E-state index contributed by atoms with van der Waals surface area (Å²) in [5, 5.41) is 9.69. The van der Waals surface area contributed by atoms with Gasteiger partial charge < -0.3 is 10.1 Å². The molecule has 34 heavy (non-hydrogen) atoms. The van der Waals surface area contributed by atoms with Gasteiger partial charge in [0.15, 0.2) is 17.2 Å². The lowest BCUT2D eigenvalue weighted by Gasteiger charge is -2.11. The minimum atomic E-state index is -3.45. The fourth-order valence-electron chi connectivity index (χ4n) is 3.03. The van der Waals surface area contributed by atoms with E-state index in [-0.39, 0.29) is 53.0 Å². The summed E-state index contributed by atoms with van der Waals surface area (Å²) in [6.45, 7) is 0.0191. The van der Waals surface area contributed by atoms with Crippen LogP contribution in [-0.4, -0.2) is 47.9 Å². The van der Waals surface area contributed by atoms with E-state index in [1.807, 2.05) is 0 Å². The number of nitrogens with zero attached hydrogens (tertiary/aromatic N) is 3. The number of sulfonamides is 1. The van der Waals surface area contributed by atoms with Crippen LogP contribution in [0.4, 0.5) is 23.4 Å². The predicted octanol–water partition coefficient (Wildman–Crippen LogP) is 3.33. The summed E-state index contributed by atoms with van der Waals surface area (Å²) in [5.41, 5.74) is 0.0576. The number of hydrogen-bond acceptors (Lipinski definition) is 7. The van der Waals surface area contributed by atoms with Crippen molar-refractivity contribution in [3.05, 3.63) is 59.7 Å². The Morgan fingerprint density at radius 3 is 2.35 bits per heavy atom. The number of hydrogen-bond donors (Lipinski definition) is 3. The minimum Gasteiger partial charge on any atom is -0.421 e. The molecule has 3 N–H and O–H groups in total. The van der Waals surface area contributed by atoms with Gasteiger partial charge in [0, 0.05) is 30.8 Å². The second-order valence-electron chi connectivity index (χ2n) is 7.04. The lowest BCUT2D eigenvalue weighted by molar-refractivity contribution is 0.410. The Hall–Kier alpha value is -3.78. The molecule has 0 amide bonds. The molecule has 2 aromatic heterocycles. The third kappa shape index (κ3) is 5.23. The van der Waals surface area contributed by atoms with Gasteiger partial charge in [-0.15, -0.1) is 0 Å². The molecule has 0 saturated heterocycles. The summed E-state index contributed by atoms with van der Waals surface area (Å²) in [6.07, 6.45) is 0.991. The van der Waals surface area contributed by atoms with Crippen LogP contribution in [0.2, 0.25) is 0 Å². The highest BCUT2D eigenvalue weighted by molar-refractivity contribution is 7.88. The molecule has 0 aliphatic rings. The summed E-state index contributed by atoms with van der Waals surface area (Å²) in [4.78, 5) is 8.26. The van der Waals surface area contributed by atoms with Gasteiger partial charge in [0.2, 0.25) is 10.0 Å². The van der Waals surface area contributed by atoms with Crippen LogP contribution >= 0.6 is 0 Å². The molecular formula is C20H16F4N6O3S. The highest BCUT2D eigenvalue weighted by Crippen LogP contribution is 2.34. The first-order chi connectivity index (χ1) is 16.1. The summed E-state index contributed by atoms with van der Waals surface area (Å²) in [7, 11) is -3.45. The van der Waals surface area contributed by atoms with E-state index in [1.165, 1.54) is 6.07 Å². The van der Waals surface area contributed by atoms with Crippen LogP contribution in [0.5, 0.6) is 11.8 Å². The van der Waals surface area contributed by atoms with Crippen LogP contribution in [0.15, 0.2) is 36.4 Å². The Morgan fingerprint density at radius 2 is 1.68 bits per heavy atom. The van der Waals surface area contributed by atoms with Crippen molar-refractivity contribution in [2.75, 3.05) is 24.7 Å². The van der Waals surface area contributed by atoms with E-state index < -0.39 is 33.3 Å². The number of aromatic nitrogens is 4. The number of ether oxygens (including phenoxy) is 1. The first kappa shape index (κ1) is 23.4. The monoisotopic (exact) mass is 496 g/mol. The summed E-state index contributed by atoms with van der Waals surface area (Å²) >= 11 is 0. The predicted molar refractivity (Wildman–Crippen MR) is 115 cm³/mol. The van der Waals surface area contributed by atoms with Gasteiger partial charge >= 0.3 is 6.01 Å². The number of aromatic amines is 1. The van der Waals surface area contributed by atoms with Gasteiger partial charge in [0.25, 0.3) is 0 Å². The minimum absolute atomic E-state index is 0.0226. The zero-order chi connectivity index (χ0) is 24.5. The van der Waals surface area contributed by atoms with Crippen LogP contribution in [0, 0.1) is 23.3 Å². The highest BCUT2D eigenvalue weighted by Gasteiger charge is 2.21. The molecule has 0 fully saturated rings. The number of benzene rings is 2. The second-order valence-corrected chi connectivity index (χ2v) is 8.88. The van der Waals surface area contributed by atoms with Crippen molar-refractivity contribution in [2.24, 2.45) is 0 Å². The molecule has 0 unspecified atom stereocenters. The fourth-order valence-corrected chi connectivity index (χ4v) is 3.51. The van der Waals surface area contributed by atoms with Crippen molar-refractivity contribution >= 4 is 26.9 Å². The molecule has 2 aromatic carbocycles. The first-order valence-electron chi connectivity index (χ1n) is 9.63. The number of H-pyrrole nitrogens is 1. The maximum atomic E-state index is 14.4. The molecule has 0 spiro atoms. The lowest BCUT2D eigenvalue weighted by Crippen LogP contribution is -2.27. The number of nitrogens with one attached hydrogen (secondary N) is 3. The SMILES string of the molecule is CS(=O)(=O)NCCNc1nc(Oc2ccc(F)cc2F)nc2[nH]nc(-c3ccc(F)cc3F)c12. The normalized spacial score (nSPS) is 11.7. The molecular weight excluding hydrogens is 480 g/mol. The maximum absolute atomic E-state index is 14.4. The average Bonchev–Trinajstić information content (AvgIpc) is 3.16. The maximum Gasteiger partial charge on any atom is 0.326 e. The second kappa shape index (κ2) is 9.23. The smallest absolute Gasteiger partial charge is 0.326 e. The lowest BCUT2D eigenvalue weighted by atomic mass is 10.1. The van der Waals surface area contributed by atoms with Gasteiger partial charge in [-0.25, -0.2) is 30.7 Å². The Balaban J connectivity index is 1.75. The summed E-state index contributed by atoms with van der Waals surface area (Å²) < 4.78 is 85.2. The standard InChI is InChI=1S/C20H16F4N6O3S/c1-34(31,32)26-7-6-25-18-16-17(12-4-2-10(21)8-13(12)23)29-30-19(16)28-20(27-18)33-15-5-3-11(22)9-14(15)24/h2-5,8-9,26H,6-7H2,1H3,(H2,25,27,28,29,30). The molecule has 4 aromatic rings. The van der Waals surface area contributed by atoms with Crippen molar-refractivity contribution in [3.8, 4) is 23.0 Å². The molecule has 0 aliphatic heterocycles. The molecule has 178 valence electrons. The van der Waals surface area contributed by atoms with E-state index in [1.54, 1.807) is 0 Å². The van der Waals surface area contributed by atoms with E-state index in [0.717, 1.165) is 24.5 Å². The Morgan fingerprint density at radius 1 is 0.971 bits per heavy atom. The van der Waals surface area contributed by atoms with Gasteiger partial charge in [-0.1, -0.05) is 0 Å². The van der Waals surface area contributed by atoms with Gasteiger partial charge in [-0.05, 0) is 24.3 Å². The molecule has 14 heteroatoms. The van der Waals surface area contributed by atoms with Gasteiger partial charge in [-0.3, -0.25) is 5.10 Å². The van der Waals surface area contributed by atoms with Crippen molar-refractivity contribution in [3.63, 3.8) is 0 Å². The zero-order valence-corrected chi connectivity index (χ0v) is 18.2. The Bertz CT molecular complexity index is 1480. The van der Waals surface area contributed by atoms with E-state index in [2.05, 4.69) is 30.2 Å². The average molecular weight is 496 g/mol. The highest BCUT2D eigenvalue weighted by atomic mass is 32.2. The van der Waals surface area contributed by atoms with Crippen LogP contribution in [0.25, 0.3) is 22.3 Å². The van der Waals surface area contributed by atoms with E-state index in [9.17, 15) is 26.0 Å². The van der Waals surface area contributed by atoms with Gasteiger partial charge in [0.1, 0.15) is 29.0 Å². The third-order valence-electron chi connectivity index (χ3n) is 4.46. The molecule has 0 radical (unpaired) electrons. The van der Waals surface area contributed by atoms with Crippen LogP contribution in [0.1, 0.15) is 0 Å². The molecule has 4 rings (SSSR count). The van der Waals surface area contributed by atoms with Gasteiger partial charge in [-0.2, -0.15) is 15.1 Å². The molecule has 2 heterocycles. The van der Waals surface area contributed by atoms with Crippen molar-refractivity contribution in [1.29, 1.82) is 0 Å². The number of halogens is 4. The summed E-state index contributed by atoms with van der Waals surface area (Å²) in [6, 6.07) is 5.23. The van der Waals surface area contributed by atoms with Crippen LogP contribution < -0.4 is 14.8 Å². The molecule has 0 aliphatic carbocycles. The topological polar surface area (TPSA) is 122 Å². The van der Waals surface area contributed by atoms with Crippen LogP contribution in [0.3, 0.4) is 0 Å². The third-order valence-corrected chi connectivity index (χ3v) is 5.19. The largest absolute Gasteiger partial charge is 0.421 e. The molecule has 9 nitrogen and oxygen atoms in total. The van der Waals surface area contributed by atoms with Crippen molar-refractivity contribution in [1.82, 2.24) is 24.9 Å². The van der Waals surface area contributed by atoms with Crippen molar-refractivity contribution in [2.45, 2.75) is 0 Å². The Labute approximate surface area is 190 Å². The summed E-state index contributed by atoms with van der Waals surface area (Å²) in [5.74, 6) is -3.76. The number of fused-ring (bicyclic) bond motifs is 1. The first-order valence-corrected chi connectivity index (χ1v) is 11.5. The van der Waals surface area contributed by atoms with Gasteiger partial charge in [0.05, 0.1) is 11.6 Å². The molecule has 0 bridgehead atoms. The zero-order valence-electron chi connectivity index (χ0n) is 17.4. The number of rotatable bonds is 8.